The summed E-state index contributed by atoms with van der Waals surface area (Å²) in [5, 5.41) is 0.964. The van der Waals surface area contributed by atoms with Crippen molar-refractivity contribution in [3.05, 3.63) is 0 Å². The summed E-state index contributed by atoms with van der Waals surface area (Å²) in [5.41, 5.74) is 0.0909. The van der Waals surface area contributed by atoms with Gasteiger partial charge in [0.1, 0.15) is 0 Å². The maximum atomic E-state index is 6.03. The molecule has 1 rings (SSSR count). The molecule has 0 heterocycles. The van der Waals surface area contributed by atoms with E-state index in [4.69, 9.17) is 9.47 Å². The van der Waals surface area contributed by atoms with Gasteiger partial charge in [-0.15, -0.1) is 0 Å². The molecule has 0 aromatic heterocycles. The number of alkyl halides is 1. The topological polar surface area (TPSA) is 18.5 Å². The molecule has 3 heteroatoms. The van der Waals surface area contributed by atoms with Crippen LogP contribution in [0.25, 0.3) is 0 Å². The molecule has 0 radical (unpaired) electrons. The number of halogens is 1. The van der Waals surface area contributed by atoms with Gasteiger partial charge in [0.05, 0.1) is 18.8 Å². The van der Waals surface area contributed by atoms with Gasteiger partial charge >= 0.3 is 0 Å². The minimum Gasteiger partial charge on any atom is -0.379 e. The highest BCUT2D eigenvalue weighted by molar-refractivity contribution is 9.09. The van der Waals surface area contributed by atoms with Crippen molar-refractivity contribution in [2.45, 2.75) is 51.0 Å². The third-order valence-corrected chi connectivity index (χ3v) is 4.12. The van der Waals surface area contributed by atoms with Gasteiger partial charge in [0.2, 0.25) is 0 Å². The van der Waals surface area contributed by atoms with Crippen molar-refractivity contribution in [3.8, 4) is 0 Å². The van der Waals surface area contributed by atoms with E-state index in [0.29, 0.717) is 0 Å². The number of hydrogen-bond donors (Lipinski definition) is 0. The largest absolute Gasteiger partial charge is 0.379 e. The van der Waals surface area contributed by atoms with Gasteiger partial charge in [-0.25, -0.2) is 0 Å². The van der Waals surface area contributed by atoms with Crippen molar-refractivity contribution in [1.29, 1.82) is 0 Å². The van der Waals surface area contributed by atoms with Crippen LogP contribution in [0.2, 0.25) is 0 Å². The Morgan fingerprint density at radius 2 is 1.73 bits per heavy atom. The van der Waals surface area contributed by atoms with Crippen LogP contribution in [0.5, 0.6) is 0 Å². The van der Waals surface area contributed by atoms with Gasteiger partial charge in [0.25, 0.3) is 0 Å². The average molecular weight is 279 g/mol. The fraction of sp³-hybridized carbons (Fsp3) is 1.00. The summed E-state index contributed by atoms with van der Waals surface area (Å²) < 4.78 is 11.3. The van der Waals surface area contributed by atoms with E-state index >= 15 is 0 Å². The molecule has 0 aliphatic heterocycles. The zero-order chi connectivity index (χ0) is 11.0. The van der Waals surface area contributed by atoms with Gasteiger partial charge in [-0.1, -0.05) is 41.6 Å². The first kappa shape index (κ1) is 13.5. The van der Waals surface area contributed by atoms with E-state index in [0.717, 1.165) is 25.2 Å². The molecule has 0 aromatic carbocycles. The minimum atomic E-state index is 0.0909. The maximum absolute atomic E-state index is 6.03. The molecule has 2 nitrogen and oxygen atoms in total. The van der Waals surface area contributed by atoms with Crippen LogP contribution in [0, 0.1) is 0 Å². The van der Waals surface area contributed by atoms with Crippen LogP contribution in [0.3, 0.4) is 0 Å². The smallest absolute Gasteiger partial charge is 0.0780 e. The Balaban J connectivity index is 2.29. The lowest BCUT2D eigenvalue weighted by atomic mass is 9.97. The summed E-state index contributed by atoms with van der Waals surface area (Å²) in [6, 6.07) is 0. The molecule has 0 aromatic rings. The molecule has 0 bridgehead atoms. The Morgan fingerprint density at radius 3 is 2.27 bits per heavy atom. The monoisotopic (exact) mass is 278 g/mol. The van der Waals surface area contributed by atoms with E-state index < -0.39 is 0 Å². The van der Waals surface area contributed by atoms with Crippen LogP contribution in [0.15, 0.2) is 0 Å². The van der Waals surface area contributed by atoms with E-state index in [1.54, 1.807) is 0 Å². The Morgan fingerprint density at radius 1 is 1.07 bits per heavy atom. The normalized spacial score (nSPS) is 21.2. The van der Waals surface area contributed by atoms with Gasteiger partial charge in [0.15, 0.2) is 0 Å². The zero-order valence-corrected chi connectivity index (χ0v) is 11.4. The quantitative estimate of drug-likeness (QED) is 0.421. The Hall–Kier alpha value is 0.400. The summed E-state index contributed by atoms with van der Waals surface area (Å²) in [5.74, 6) is 0. The predicted molar refractivity (Wildman–Crippen MR) is 66.7 cm³/mol. The Bertz CT molecular complexity index is 154. The van der Waals surface area contributed by atoms with E-state index in [1.807, 2.05) is 6.92 Å². The van der Waals surface area contributed by atoms with Crippen molar-refractivity contribution < 1.29 is 9.47 Å². The number of ether oxygens (including phenoxy) is 2. The van der Waals surface area contributed by atoms with Gasteiger partial charge in [-0.2, -0.15) is 0 Å². The molecule has 1 saturated carbocycles. The lowest BCUT2D eigenvalue weighted by Gasteiger charge is -2.31. The summed E-state index contributed by atoms with van der Waals surface area (Å²) >= 11 is 3.61. The molecule has 1 fully saturated rings. The highest BCUT2D eigenvalue weighted by Gasteiger charge is 2.30. The van der Waals surface area contributed by atoms with Crippen LogP contribution in [0.4, 0.5) is 0 Å². The molecule has 1 aliphatic rings. The van der Waals surface area contributed by atoms with E-state index in [2.05, 4.69) is 15.9 Å². The van der Waals surface area contributed by atoms with Crippen molar-refractivity contribution in [2.75, 3.05) is 25.2 Å². The van der Waals surface area contributed by atoms with Crippen LogP contribution < -0.4 is 0 Å². The summed E-state index contributed by atoms with van der Waals surface area (Å²) in [6.45, 7) is 4.27. The van der Waals surface area contributed by atoms with Crippen molar-refractivity contribution in [1.82, 2.24) is 0 Å². The maximum Gasteiger partial charge on any atom is 0.0780 e. The van der Waals surface area contributed by atoms with E-state index in [1.165, 1.54) is 38.5 Å². The van der Waals surface area contributed by atoms with Crippen LogP contribution >= 0.6 is 15.9 Å². The lowest BCUT2D eigenvalue weighted by Crippen LogP contribution is -2.35. The van der Waals surface area contributed by atoms with Gasteiger partial charge < -0.3 is 9.47 Å². The minimum absolute atomic E-state index is 0.0909. The van der Waals surface area contributed by atoms with Crippen molar-refractivity contribution in [2.24, 2.45) is 0 Å². The molecule has 0 N–H and O–H groups in total. The molecule has 0 saturated heterocycles. The fourth-order valence-electron chi connectivity index (χ4n) is 2.15. The summed E-state index contributed by atoms with van der Waals surface area (Å²) in [4.78, 5) is 0. The third kappa shape index (κ3) is 4.83. The molecule has 0 spiro atoms. The lowest BCUT2D eigenvalue weighted by molar-refractivity contribution is -0.0599. The second-order valence-electron chi connectivity index (χ2n) is 4.28. The molecule has 0 atom stereocenters. The van der Waals surface area contributed by atoms with Crippen molar-refractivity contribution in [3.63, 3.8) is 0 Å². The highest BCUT2D eigenvalue weighted by Crippen LogP contribution is 2.31. The molecule has 90 valence electrons. The first-order chi connectivity index (χ1) is 7.33. The SMILES string of the molecule is CCOCCOC1(CBr)CCCCCC1. The first-order valence-corrected chi connectivity index (χ1v) is 7.23. The van der Waals surface area contributed by atoms with Crippen molar-refractivity contribution >= 4 is 15.9 Å². The average Bonchev–Trinajstić information content (AvgIpc) is 2.51. The van der Waals surface area contributed by atoms with Crippen LogP contribution in [0.1, 0.15) is 45.4 Å². The van der Waals surface area contributed by atoms with E-state index in [-0.39, 0.29) is 5.60 Å². The van der Waals surface area contributed by atoms with Crippen LogP contribution in [-0.2, 0) is 9.47 Å². The fourth-order valence-corrected chi connectivity index (χ4v) is 2.87. The standard InChI is InChI=1S/C12H23BrO2/c1-2-14-9-10-15-12(11-13)7-5-3-4-6-8-12/h2-11H2,1H3. The first-order valence-electron chi connectivity index (χ1n) is 6.11. The second-order valence-corrected chi connectivity index (χ2v) is 4.84. The molecule has 0 unspecified atom stereocenters. The predicted octanol–water partition coefficient (Wildman–Crippen LogP) is 3.53. The van der Waals surface area contributed by atoms with Gasteiger partial charge in [-0.05, 0) is 19.8 Å². The second kappa shape index (κ2) is 7.64. The molecule has 15 heavy (non-hydrogen) atoms. The van der Waals surface area contributed by atoms with E-state index in [9.17, 15) is 0 Å². The summed E-state index contributed by atoms with van der Waals surface area (Å²) in [6.07, 6.45) is 7.74. The summed E-state index contributed by atoms with van der Waals surface area (Å²) in [7, 11) is 0. The molecular formula is C12H23BrO2. The number of hydrogen-bond acceptors (Lipinski definition) is 2. The van der Waals surface area contributed by atoms with Gasteiger partial charge in [0, 0.05) is 11.9 Å². The van der Waals surface area contributed by atoms with Crippen LogP contribution in [-0.4, -0.2) is 30.8 Å². The third-order valence-electron chi connectivity index (χ3n) is 3.10. The highest BCUT2D eigenvalue weighted by atomic mass is 79.9. The Kier molecular flexibility index (Phi) is 6.86. The zero-order valence-electron chi connectivity index (χ0n) is 9.77. The van der Waals surface area contributed by atoms with Gasteiger partial charge in [-0.3, -0.25) is 0 Å². The molecular weight excluding hydrogens is 256 g/mol. The molecule has 1 aliphatic carbocycles. The molecule has 0 amide bonds. The number of rotatable bonds is 6. The Labute approximate surface area is 102 Å².